The number of para-hydroxylation sites is 1. The van der Waals surface area contributed by atoms with Crippen LogP contribution in [-0.4, -0.2) is 42.5 Å². The van der Waals surface area contributed by atoms with Crippen molar-refractivity contribution < 1.29 is 14.3 Å². The van der Waals surface area contributed by atoms with Crippen LogP contribution < -0.4 is 10.1 Å². The number of rotatable bonds is 6. The van der Waals surface area contributed by atoms with Gasteiger partial charge < -0.3 is 15.0 Å². The van der Waals surface area contributed by atoms with Crippen molar-refractivity contribution in [1.82, 2.24) is 10.2 Å². The summed E-state index contributed by atoms with van der Waals surface area (Å²) in [5.41, 5.74) is 0. The minimum Gasteiger partial charge on any atom is -0.484 e. The van der Waals surface area contributed by atoms with Crippen LogP contribution in [0.1, 0.15) is 20.3 Å². The molecular weight excluding hydrogens is 268 g/mol. The summed E-state index contributed by atoms with van der Waals surface area (Å²) in [6.45, 7) is 5.25. The fourth-order valence-electron chi connectivity index (χ4n) is 2.42. The SMILES string of the molecule is CC(C)N1CC(CNC(=O)COc2ccccc2)CC1=O. The molecule has 1 N–H and O–H groups in total. The zero-order valence-electron chi connectivity index (χ0n) is 12.5. The molecule has 5 nitrogen and oxygen atoms in total. The van der Waals surface area contributed by atoms with E-state index in [1.165, 1.54) is 0 Å². The van der Waals surface area contributed by atoms with E-state index >= 15 is 0 Å². The highest BCUT2D eigenvalue weighted by Gasteiger charge is 2.31. The third kappa shape index (κ3) is 4.48. The highest BCUT2D eigenvalue weighted by Crippen LogP contribution is 2.19. The van der Waals surface area contributed by atoms with E-state index in [0.717, 1.165) is 6.54 Å². The van der Waals surface area contributed by atoms with Crippen LogP contribution in [0.25, 0.3) is 0 Å². The van der Waals surface area contributed by atoms with Crippen LogP contribution in [0.15, 0.2) is 30.3 Å². The van der Waals surface area contributed by atoms with Gasteiger partial charge in [-0.2, -0.15) is 0 Å². The fraction of sp³-hybridized carbons (Fsp3) is 0.500. The lowest BCUT2D eigenvalue weighted by atomic mass is 10.1. The lowest BCUT2D eigenvalue weighted by molar-refractivity contribution is -0.129. The molecule has 1 aromatic rings. The van der Waals surface area contributed by atoms with Crippen molar-refractivity contribution >= 4 is 11.8 Å². The van der Waals surface area contributed by atoms with Crippen molar-refractivity contribution in [3.63, 3.8) is 0 Å². The molecule has 0 aromatic heterocycles. The number of carbonyl (C=O) groups excluding carboxylic acids is 2. The van der Waals surface area contributed by atoms with E-state index in [9.17, 15) is 9.59 Å². The second kappa shape index (κ2) is 7.11. The van der Waals surface area contributed by atoms with Crippen molar-refractivity contribution in [3.8, 4) is 5.75 Å². The Morgan fingerprint density at radius 2 is 2.10 bits per heavy atom. The van der Waals surface area contributed by atoms with Crippen molar-refractivity contribution in [2.75, 3.05) is 19.7 Å². The average Bonchev–Trinajstić information content (AvgIpc) is 2.85. The molecule has 1 aliphatic heterocycles. The number of benzene rings is 1. The molecule has 1 atom stereocenters. The molecule has 1 aromatic carbocycles. The van der Waals surface area contributed by atoms with Crippen LogP contribution in [0.4, 0.5) is 0 Å². The summed E-state index contributed by atoms with van der Waals surface area (Å²) < 4.78 is 5.37. The van der Waals surface area contributed by atoms with E-state index in [4.69, 9.17) is 4.74 Å². The summed E-state index contributed by atoms with van der Waals surface area (Å²) in [5.74, 6) is 0.884. The first-order valence-electron chi connectivity index (χ1n) is 7.30. The van der Waals surface area contributed by atoms with Crippen molar-refractivity contribution in [3.05, 3.63) is 30.3 Å². The van der Waals surface area contributed by atoms with Crippen LogP contribution in [0.2, 0.25) is 0 Å². The number of nitrogens with one attached hydrogen (secondary N) is 1. The van der Waals surface area contributed by atoms with Crippen LogP contribution in [0, 0.1) is 5.92 Å². The average molecular weight is 290 g/mol. The van der Waals surface area contributed by atoms with Gasteiger partial charge in [-0.15, -0.1) is 0 Å². The predicted octanol–water partition coefficient (Wildman–Crippen LogP) is 1.44. The molecule has 1 aliphatic rings. The van der Waals surface area contributed by atoms with E-state index in [1.54, 1.807) is 0 Å². The van der Waals surface area contributed by atoms with Crippen LogP contribution in [-0.2, 0) is 9.59 Å². The van der Waals surface area contributed by atoms with Gasteiger partial charge in [-0.05, 0) is 26.0 Å². The molecule has 1 saturated heterocycles. The highest BCUT2D eigenvalue weighted by molar-refractivity contribution is 5.80. The molecule has 21 heavy (non-hydrogen) atoms. The number of hydrogen-bond acceptors (Lipinski definition) is 3. The first kappa shape index (κ1) is 15.4. The van der Waals surface area contributed by atoms with Crippen LogP contribution >= 0.6 is 0 Å². The van der Waals surface area contributed by atoms with E-state index in [0.29, 0.717) is 18.7 Å². The second-order valence-corrected chi connectivity index (χ2v) is 5.62. The zero-order chi connectivity index (χ0) is 15.2. The van der Waals surface area contributed by atoms with Crippen LogP contribution in [0.5, 0.6) is 5.75 Å². The van der Waals surface area contributed by atoms with Gasteiger partial charge in [-0.3, -0.25) is 9.59 Å². The number of amides is 2. The van der Waals surface area contributed by atoms with Crippen LogP contribution in [0.3, 0.4) is 0 Å². The molecule has 1 fully saturated rings. The molecule has 0 bridgehead atoms. The molecule has 0 radical (unpaired) electrons. The number of likely N-dealkylation sites (tertiary alicyclic amines) is 1. The molecular formula is C16H22N2O3. The molecule has 1 heterocycles. The molecule has 5 heteroatoms. The minimum absolute atomic E-state index is 0.00141. The summed E-state index contributed by atoms with van der Waals surface area (Å²) in [6, 6.07) is 9.45. The number of ether oxygens (including phenoxy) is 1. The molecule has 2 rings (SSSR count). The Bertz CT molecular complexity index is 488. The number of nitrogens with zero attached hydrogens (tertiary/aromatic N) is 1. The second-order valence-electron chi connectivity index (χ2n) is 5.62. The summed E-state index contributed by atoms with van der Waals surface area (Å²) in [6.07, 6.45) is 0.512. The summed E-state index contributed by atoms with van der Waals surface area (Å²) in [5, 5.41) is 2.83. The van der Waals surface area contributed by atoms with Gasteiger partial charge in [0, 0.05) is 31.5 Å². The molecule has 114 valence electrons. The van der Waals surface area contributed by atoms with E-state index in [1.807, 2.05) is 49.1 Å². The van der Waals surface area contributed by atoms with Gasteiger partial charge in [0.25, 0.3) is 5.91 Å². The standard InChI is InChI=1S/C16H22N2O3/c1-12(2)18-10-13(8-16(18)20)9-17-15(19)11-21-14-6-4-3-5-7-14/h3-7,12-13H,8-11H2,1-2H3,(H,17,19). The van der Waals surface area contributed by atoms with Gasteiger partial charge in [-0.25, -0.2) is 0 Å². The largest absolute Gasteiger partial charge is 0.484 e. The maximum atomic E-state index is 11.8. The lowest BCUT2D eigenvalue weighted by Crippen LogP contribution is -2.35. The van der Waals surface area contributed by atoms with Gasteiger partial charge in [0.15, 0.2) is 6.61 Å². The van der Waals surface area contributed by atoms with Gasteiger partial charge in [0.05, 0.1) is 0 Å². The third-order valence-corrected chi connectivity index (χ3v) is 3.56. The van der Waals surface area contributed by atoms with Gasteiger partial charge in [0.1, 0.15) is 5.75 Å². The first-order valence-corrected chi connectivity index (χ1v) is 7.30. The van der Waals surface area contributed by atoms with E-state index < -0.39 is 0 Å². The summed E-state index contributed by atoms with van der Waals surface area (Å²) in [7, 11) is 0. The number of hydrogen-bond donors (Lipinski definition) is 1. The summed E-state index contributed by atoms with van der Waals surface area (Å²) >= 11 is 0. The Morgan fingerprint density at radius 3 is 2.71 bits per heavy atom. The molecule has 0 aliphatic carbocycles. The molecule has 2 amide bonds. The lowest BCUT2D eigenvalue weighted by Gasteiger charge is -2.21. The predicted molar refractivity (Wildman–Crippen MR) is 79.9 cm³/mol. The Hall–Kier alpha value is -2.04. The van der Waals surface area contributed by atoms with Crippen molar-refractivity contribution in [2.45, 2.75) is 26.3 Å². The monoisotopic (exact) mass is 290 g/mol. The Balaban J connectivity index is 1.69. The highest BCUT2D eigenvalue weighted by atomic mass is 16.5. The fourth-order valence-corrected chi connectivity index (χ4v) is 2.42. The minimum atomic E-state index is -0.158. The Labute approximate surface area is 125 Å². The van der Waals surface area contributed by atoms with Gasteiger partial charge >= 0.3 is 0 Å². The Morgan fingerprint density at radius 1 is 1.38 bits per heavy atom. The molecule has 0 spiro atoms. The number of carbonyl (C=O) groups is 2. The smallest absolute Gasteiger partial charge is 0.257 e. The zero-order valence-corrected chi connectivity index (χ0v) is 12.5. The maximum Gasteiger partial charge on any atom is 0.257 e. The topological polar surface area (TPSA) is 58.6 Å². The van der Waals surface area contributed by atoms with Gasteiger partial charge in [-0.1, -0.05) is 18.2 Å². The van der Waals surface area contributed by atoms with Crippen molar-refractivity contribution in [2.24, 2.45) is 5.92 Å². The van der Waals surface area contributed by atoms with E-state index in [-0.39, 0.29) is 30.4 Å². The Kier molecular flexibility index (Phi) is 5.20. The first-order chi connectivity index (χ1) is 10.1. The van der Waals surface area contributed by atoms with Gasteiger partial charge in [0.2, 0.25) is 5.91 Å². The molecule has 0 saturated carbocycles. The maximum absolute atomic E-state index is 11.8. The molecule has 1 unspecified atom stereocenters. The normalized spacial score (nSPS) is 18.1. The summed E-state index contributed by atoms with van der Waals surface area (Å²) in [4.78, 5) is 25.4. The van der Waals surface area contributed by atoms with Crippen molar-refractivity contribution in [1.29, 1.82) is 0 Å². The van der Waals surface area contributed by atoms with E-state index in [2.05, 4.69) is 5.32 Å². The third-order valence-electron chi connectivity index (χ3n) is 3.56. The quantitative estimate of drug-likeness (QED) is 0.862.